The Kier molecular flexibility index (Phi) is 4.56. The van der Waals surface area contributed by atoms with E-state index in [1.807, 2.05) is 55.5 Å². The predicted molar refractivity (Wildman–Crippen MR) is 78.2 cm³/mol. The lowest BCUT2D eigenvalue weighted by Crippen LogP contribution is -2.00. The molecule has 0 saturated carbocycles. The zero-order chi connectivity index (χ0) is 13.0. The number of benzene rings is 2. The summed E-state index contributed by atoms with van der Waals surface area (Å²) >= 11 is 5.91. The lowest BCUT2D eigenvalue weighted by molar-refractivity contribution is 0.682. The normalized spacial score (nSPS) is 12.3. The Bertz CT molecular complexity index is 566. The van der Waals surface area contributed by atoms with Crippen LogP contribution in [0.4, 0.5) is 0 Å². The second kappa shape index (κ2) is 6.17. The Balaban J connectivity index is 2.03. The van der Waals surface area contributed by atoms with Crippen molar-refractivity contribution >= 4 is 22.4 Å². The largest absolute Gasteiger partial charge is 0.259 e. The van der Waals surface area contributed by atoms with Crippen LogP contribution in [0.25, 0.3) is 0 Å². The van der Waals surface area contributed by atoms with Gasteiger partial charge in [-0.1, -0.05) is 48.0 Å². The van der Waals surface area contributed by atoms with Crippen molar-refractivity contribution in [3.8, 4) is 0 Å². The first-order chi connectivity index (χ1) is 8.65. The van der Waals surface area contributed by atoms with E-state index in [1.54, 1.807) is 0 Å². The first-order valence-corrected chi connectivity index (χ1v) is 7.65. The fraction of sp³-hybridized carbons (Fsp3) is 0.200. The average molecular weight is 279 g/mol. The molecular weight excluding hydrogens is 264 g/mol. The maximum atomic E-state index is 12.1. The molecule has 0 saturated heterocycles. The van der Waals surface area contributed by atoms with Gasteiger partial charge in [0.1, 0.15) is 0 Å². The van der Waals surface area contributed by atoms with Crippen LogP contribution in [0.15, 0.2) is 48.5 Å². The average Bonchev–Trinajstić information content (AvgIpc) is 2.32. The first kappa shape index (κ1) is 13.3. The summed E-state index contributed by atoms with van der Waals surface area (Å²) in [5.74, 6) is 1.15. The molecule has 0 aromatic heterocycles. The van der Waals surface area contributed by atoms with Gasteiger partial charge >= 0.3 is 0 Å². The third kappa shape index (κ3) is 3.69. The second-order valence-corrected chi connectivity index (χ2v) is 6.18. The molecule has 1 nitrogen and oxygen atoms in total. The number of aryl methyl sites for hydroxylation is 1. The minimum Gasteiger partial charge on any atom is -0.259 e. The van der Waals surface area contributed by atoms with Gasteiger partial charge in [-0.2, -0.15) is 0 Å². The third-order valence-corrected chi connectivity index (χ3v) is 4.32. The zero-order valence-electron chi connectivity index (χ0n) is 10.2. The Labute approximate surface area is 115 Å². The standard InChI is InChI=1S/C15H15ClOS/c1-12-5-2-3-7-14(12)11-18(17)10-13-6-4-8-15(16)9-13/h2-9H,10-11H2,1H3/t18-/m0/s1. The van der Waals surface area contributed by atoms with Gasteiger partial charge in [0, 0.05) is 27.3 Å². The van der Waals surface area contributed by atoms with Crippen molar-refractivity contribution in [3.63, 3.8) is 0 Å². The summed E-state index contributed by atoms with van der Waals surface area (Å²) in [7, 11) is -0.899. The number of hydrogen-bond donors (Lipinski definition) is 0. The Morgan fingerprint density at radius 3 is 2.56 bits per heavy atom. The number of halogens is 1. The predicted octanol–water partition coefficient (Wildman–Crippen LogP) is 4.10. The van der Waals surface area contributed by atoms with Gasteiger partial charge < -0.3 is 0 Å². The fourth-order valence-corrected chi connectivity index (χ4v) is 3.35. The van der Waals surface area contributed by atoms with E-state index in [9.17, 15) is 4.21 Å². The molecule has 0 radical (unpaired) electrons. The lowest BCUT2D eigenvalue weighted by Gasteiger charge is -2.06. The second-order valence-electron chi connectivity index (χ2n) is 4.28. The van der Waals surface area contributed by atoms with E-state index in [0.29, 0.717) is 16.5 Å². The van der Waals surface area contributed by atoms with E-state index >= 15 is 0 Å². The van der Waals surface area contributed by atoms with Crippen molar-refractivity contribution in [2.45, 2.75) is 18.4 Å². The van der Waals surface area contributed by atoms with E-state index < -0.39 is 10.8 Å². The highest BCUT2D eigenvalue weighted by Crippen LogP contribution is 2.15. The molecule has 18 heavy (non-hydrogen) atoms. The molecule has 94 valence electrons. The van der Waals surface area contributed by atoms with Crippen molar-refractivity contribution < 1.29 is 4.21 Å². The molecular formula is C15H15ClOS. The molecule has 0 bridgehead atoms. The van der Waals surface area contributed by atoms with Crippen LogP contribution in [0.5, 0.6) is 0 Å². The molecule has 1 atom stereocenters. The van der Waals surface area contributed by atoms with Gasteiger partial charge in [-0.15, -0.1) is 0 Å². The minimum atomic E-state index is -0.899. The van der Waals surface area contributed by atoms with E-state index in [2.05, 4.69) is 0 Å². The molecule has 3 heteroatoms. The van der Waals surface area contributed by atoms with Gasteiger partial charge in [-0.3, -0.25) is 4.21 Å². The van der Waals surface area contributed by atoms with Crippen LogP contribution in [0.3, 0.4) is 0 Å². The molecule has 0 amide bonds. The summed E-state index contributed by atoms with van der Waals surface area (Å²) in [5.41, 5.74) is 3.37. The minimum absolute atomic E-state index is 0.550. The van der Waals surface area contributed by atoms with Crippen molar-refractivity contribution in [1.82, 2.24) is 0 Å². The van der Waals surface area contributed by atoms with E-state index in [4.69, 9.17) is 11.6 Å². The SMILES string of the molecule is Cc1ccccc1C[S@@](=O)Cc1cccc(Cl)c1. The molecule has 0 spiro atoms. The van der Waals surface area contributed by atoms with Crippen LogP contribution in [-0.4, -0.2) is 4.21 Å². The topological polar surface area (TPSA) is 17.1 Å². The molecule has 0 aliphatic carbocycles. The molecule has 2 rings (SSSR count). The van der Waals surface area contributed by atoms with Crippen LogP contribution in [0.1, 0.15) is 16.7 Å². The Hall–Kier alpha value is -1.12. The molecule has 0 aliphatic rings. The number of rotatable bonds is 4. The van der Waals surface area contributed by atoms with Crippen LogP contribution in [-0.2, 0) is 22.3 Å². The summed E-state index contributed by atoms with van der Waals surface area (Å²) in [6.45, 7) is 2.05. The van der Waals surface area contributed by atoms with Crippen LogP contribution in [0.2, 0.25) is 5.02 Å². The van der Waals surface area contributed by atoms with Crippen molar-refractivity contribution in [3.05, 3.63) is 70.2 Å². The quantitative estimate of drug-likeness (QED) is 0.823. The summed E-state index contributed by atoms with van der Waals surface area (Å²) in [4.78, 5) is 0. The first-order valence-electron chi connectivity index (χ1n) is 5.79. The van der Waals surface area contributed by atoms with Crippen molar-refractivity contribution in [1.29, 1.82) is 0 Å². The summed E-state index contributed by atoms with van der Waals surface area (Å²) in [6.07, 6.45) is 0. The molecule has 0 unspecified atom stereocenters. The maximum absolute atomic E-state index is 12.1. The molecule has 2 aromatic rings. The fourth-order valence-electron chi connectivity index (χ4n) is 1.81. The van der Waals surface area contributed by atoms with Crippen LogP contribution < -0.4 is 0 Å². The molecule has 0 fully saturated rings. The molecule has 0 aliphatic heterocycles. The highest BCUT2D eigenvalue weighted by Gasteiger charge is 2.05. The highest BCUT2D eigenvalue weighted by atomic mass is 35.5. The monoisotopic (exact) mass is 278 g/mol. The maximum Gasteiger partial charge on any atom is 0.0491 e. The Morgan fingerprint density at radius 2 is 1.83 bits per heavy atom. The van der Waals surface area contributed by atoms with Gasteiger partial charge in [0.25, 0.3) is 0 Å². The number of hydrogen-bond acceptors (Lipinski definition) is 1. The summed E-state index contributed by atoms with van der Waals surface area (Å²) in [6, 6.07) is 15.6. The smallest absolute Gasteiger partial charge is 0.0491 e. The van der Waals surface area contributed by atoms with Crippen molar-refractivity contribution in [2.75, 3.05) is 0 Å². The molecule has 0 heterocycles. The molecule has 0 N–H and O–H groups in total. The van der Waals surface area contributed by atoms with E-state index in [1.165, 1.54) is 5.56 Å². The van der Waals surface area contributed by atoms with E-state index in [0.717, 1.165) is 11.1 Å². The van der Waals surface area contributed by atoms with Gasteiger partial charge in [0.15, 0.2) is 0 Å². The van der Waals surface area contributed by atoms with Gasteiger partial charge in [-0.25, -0.2) is 0 Å². The van der Waals surface area contributed by atoms with Gasteiger partial charge in [-0.05, 0) is 35.7 Å². The third-order valence-electron chi connectivity index (χ3n) is 2.79. The van der Waals surface area contributed by atoms with Crippen molar-refractivity contribution in [2.24, 2.45) is 0 Å². The van der Waals surface area contributed by atoms with Gasteiger partial charge in [0.05, 0.1) is 0 Å². The zero-order valence-corrected chi connectivity index (χ0v) is 11.8. The summed E-state index contributed by atoms with van der Waals surface area (Å²) in [5, 5.41) is 0.695. The summed E-state index contributed by atoms with van der Waals surface area (Å²) < 4.78 is 12.1. The molecule has 2 aromatic carbocycles. The van der Waals surface area contributed by atoms with Crippen LogP contribution >= 0.6 is 11.6 Å². The van der Waals surface area contributed by atoms with Crippen LogP contribution in [0, 0.1) is 6.92 Å². The highest BCUT2D eigenvalue weighted by molar-refractivity contribution is 7.83. The Morgan fingerprint density at radius 1 is 1.06 bits per heavy atom. The van der Waals surface area contributed by atoms with Gasteiger partial charge in [0.2, 0.25) is 0 Å². The lowest BCUT2D eigenvalue weighted by atomic mass is 10.1. The van der Waals surface area contributed by atoms with E-state index in [-0.39, 0.29) is 0 Å².